The molecule has 753 valence electrons. The van der Waals surface area contributed by atoms with Gasteiger partial charge in [-0.05, 0) is 162 Å². The van der Waals surface area contributed by atoms with Gasteiger partial charge >= 0.3 is 17.1 Å². The zero-order valence-electron chi connectivity index (χ0n) is 79.6. The number of amides is 2. The molecule has 0 saturated carbocycles. The fourth-order valence-electron chi connectivity index (χ4n) is 17.0. The summed E-state index contributed by atoms with van der Waals surface area (Å²) < 4.78 is 144. The number of anilines is 1. The number of nitrogens with zero attached hydrogens (tertiary/aromatic N) is 14. The van der Waals surface area contributed by atoms with Crippen molar-refractivity contribution in [3.05, 3.63) is 315 Å². The van der Waals surface area contributed by atoms with Crippen molar-refractivity contribution in [1.82, 2.24) is 15.1 Å². The predicted octanol–water partition coefficient (Wildman–Crippen LogP) is 11.4. The fourth-order valence-corrected chi connectivity index (χ4v) is 20.0. The minimum absolute atomic E-state index is 0. The maximum Gasteiger partial charge on any atom is 2.00 e. The van der Waals surface area contributed by atoms with Crippen LogP contribution in [0, 0.1) is 11.8 Å². The van der Waals surface area contributed by atoms with Crippen LogP contribution in [-0.2, 0) is 96.0 Å². The van der Waals surface area contributed by atoms with Gasteiger partial charge in [0.1, 0.15) is 16.3 Å². The number of aryl methyl sites for hydroxylation is 1. The first kappa shape index (κ1) is 114. The maximum atomic E-state index is 12.6. The number of imide groups is 1. The van der Waals surface area contributed by atoms with E-state index in [9.17, 15) is 66.7 Å². The quantitative estimate of drug-likeness (QED) is 0.00296. The minimum Gasteiger partial charge on any atom is -1.00 e. The van der Waals surface area contributed by atoms with Crippen LogP contribution in [0.4, 0.5) is 5.69 Å². The molecule has 2 saturated heterocycles. The zero-order valence-corrected chi connectivity index (χ0v) is 85.4. The molecule has 17 rings (SSSR count). The topological polar surface area (TPSA) is 455 Å². The van der Waals surface area contributed by atoms with E-state index in [1.165, 1.54) is 102 Å². The third-order valence-corrected chi connectivity index (χ3v) is 27.7. The molecule has 9 aromatic carbocycles. The molecule has 142 heavy (non-hydrogen) atoms. The number of nitrogens with two attached hydrogens (primary N) is 1. The van der Waals surface area contributed by atoms with Crippen LogP contribution in [0.15, 0.2) is 312 Å². The zero-order chi connectivity index (χ0) is 100. The van der Waals surface area contributed by atoms with E-state index in [0.717, 1.165) is 48.3 Å². The van der Waals surface area contributed by atoms with Crippen LogP contribution >= 0.6 is 12.0 Å². The molecule has 1 aliphatic carbocycles. The van der Waals surface area contributed by atoms with Crippen molar-refractivity contribution in [2.24, 2.45) is 62.5 Å². The van der Waals surface area contributed by atoms with Gasteiger partial charge in [-0.3, -0.25) is 42.7 Å². The fraction of sp³-hybridized carbons (Fsp3) is 0.294. The van der Waals surface area contributed by atoms with Crippen molar-refractivity contribution in [3.63, 3.8) is 0 Å². The number of halogens is 1. The molecule has 2 unspecified atom stereocenters. The predicted molar refractivity (Wildman–Crippen MR) is 549 cm³/mol. The van der Waals surface area contributed by atoms with E-state index in [0.29, 0.717) is 153 Å². The number of benzene rings is 9. The van der Waals surface area contributed by atoms with Gasteiger partial charge in [-0.25, -0.2) is 44.5 Å². The number of rotatable bonds is 25. The van der Waals surface area contributed by atoms with Gasteiger partial charge in [0.25, 0.3) is 40.5 Å². The summed E-state index contributed by atoms with van der Waals surface area (Å²) >= 11 is 0.677. The van der Waals surface area contributed by atoms with E-state index in [2.05, 4.69) is 89.9 Å². The van der Waals surface area contributed by atoms with E-state index in [4.69, 9.17) is 40.7 Å². The average Bonchev–Trinajstić information content (AvgIpc) is 1.62. The Kier molecular flexibility index (Phi) is 41.1. The molecule has 7 N–H and O–H groups in total. The largest absolute Gasteiger partial charge is 2.00 e. The number of hydrogen-bond acceptors (Lipinski definition) is 25. The standard InChI is InChI=1S/C37H36N2O9S3.C32H16N8O6S2.C10H22N.C9H16N2O2.C9H12.C4H11N3.CH4.ClH.Cu/c1-3-38(25-27-9-7-11-33(23-27)49(40,41)42)31-19-15-29(16-20-31)37(35-13-5-6-14-36(35)51(46,47)48)30-17-21-32(22-18-30)39(4-2)26-28-10-8-12-34(24-28)50(43,44)45;41-45-46-47-21-13-5-11-19-23(21)31-37-27-17-9-3-1-7-15(17)25(34-27)33-26-16-8-2-4-10-18(16)28(35-26)38-32-24-20(30(40-32)36-29(19)39-31)12-6-14-22(24)48(42,43)44;1-5-9-7-11(3,4)8-10(9)6-2;1-10(2)6-3-7-11-8(12)4-5-9(11)13;1-2-6-9-7-4-3-5-8-9;1-3-7-4(5)6-2;;;/h5-24H,3-4,25-26H2,1-2H3,(H2-,40,41,42,43,44,45,46,47,48);1-14,41H,(H,42,43,44);9-10H,5-8H2,1-4H3;3-7H2,1-2H3;3-5,7-8H,2,6H2,1H3;3H2,1-2H3,(H3,5,6,7);1H4;1H;/q;;+1;;;;;;+2/p-1. The van der Waals surface area contributed by atoms with Gasteiger partial charge in [0, 0.05) is 126 Å². The molecule has 8 aliphatic rings. The number of amidine groups is 8. The Hall–Kier alpha value is -12.0. The average molecular weight is 2100 g/mol. The second-order valence-electron chi connectivity index (χ2n) is 33.9. The molecule has 8 bridgehead atoms. The molecular weight excluding hydrogens is 1980 g/mol. The molecule has 40 heteroatoms. The Balaban J connectivity index is 0.000000225. The Morgan fingerprint density at radius 3 is 1.45 bits per heavy atom. The first-order chi connectivity index (χ1) is 66.4. The molecule has 2 fully saturated rings. The molecule has 2 amide bonds. The molecule has 9 aromatic rings. The normalized spacial score (nSPS) is 16.0. The molecule has 1 radical (unpaired) electrons. The number of nitrogens with one attached hydrogen (secondary N) is 1. The summed E-state index contributed by atoms with van der Waals surface area (Å²) in [5.41, 5.74) is 15.9. The van der Waals surface area contributed by atoms with Crippen molar-refractivity contribution >= 4 is 134 Å². The first-order valence-corrected chi connectivity index (χ1v) is 51.7. The molecule has 7 heterocycles. The number of quaternary nitrogens is 1. The van der Waals surface area contributed by atoms with Gasteiger partial charge in [-0.1, -0.05) is 192 Å². The Bertz CT molecular complexity index is 7000. The molecule has 2 atom stereocenters. The number of hydrogen-bond donors (Lipinski definition) is 6. The van der Waals surface area contributed by atoms with Crippen LogP contribution in [-0.4, -0.2) is 222 Å². The third-order valence-electron chi connectivity index (χ3n) is 23.6. The SMILES string of the molecule is C.CCC1C[N+](C)(C)CC1CC.CCCc1ccccc1.CCN(Cc1cccc(S(=O)(=O)O)c1)c1ccc(C(=C2C=CC(=[N+](CC)Cc3cccc(S(=O)(=O)O)c3)C=C2)c2ccccc2S(=O)(=O)O)cc1.CCNC(N)=NC.CN(C)CCCN1C(=O)CCC1=O.O=S(=O)(O)c1cccc2c1C1=NC2=NC2=NC(=NC3=NC(=NC4=NC(=N1)c1ccccc14)c1ccccc13)c1c(SOO[O-])cccc12.[Cl-].[Cu+2]. The minimum atomic E-state index is -4.71. The van der Waals surface area contributed by atoms with E-state index in [1.54, 1.807) is 67.7 Å². The third kappa shape index (κ3) is 29.2. The van der Waals surface area contributed by atoms with Crippen molar-refractivity contribution in [1.29, 1.82) is 0 Å². The number of aliphatic imine (C=N–C) groups is 9. The Morgan fingerprint density at radius 1 is 0.549 bits per heavy atom. The second kappa shape index (κ2) is 51.3. The van der Waals surface area contributed by atoms with Gasteiger partial charge in [0.15, 0.2) is 64.9 Å². The number of fused-ring (bicyclic) bond motifs is 16. The smallest absolute Gasteiger partial charge is 1.00 e. The van der Waals surface area contributed by atoms with E-state index in [1.807, 2.05) is 146 Å². The van der Waals surface area contributed by atoms with Crippen molar-refractivity contribution in [2.45, 2.75) is 131 Å². The van der Waals surface area contributed by atoms with E-state index in [-0.39, 0.29) is 98.1 Å². The molecule has 33 nitrogen and oxygen atoms in total. The van der Waals surface area contributed by atoms with Crippen LogP contribution < -0.4 is 33.6 Å². The van der Waals surface area contributed by atoms with Gasteiger partial charge in [0.2, 0.25) is 11.8 Å². The van der Waals surface area contributed by atoms with Crippen LogP contribution in [0.25, 0.3) is 5.57 Å². The van der Waals surface area contributed by atoms with Crippen LogP contribution in [0.2, 0.25) is 0 Å². The molecule has 0 aromatic heterocycles. The number of guanidine groups is 1. The second-order valence-corrected chi connectivity index (χ2v) is 40.3. The van der Waals surface area contributed by atoms with Crippen LogP contribution in [0.5, 0.6) is 0 Å². The summed E-state index contributed by atoms with van der Waals surface area (Å²) in [7, 11) is -7.70. The Labute approximate surface area is 851 Å². The summed E-state index contributed by atoms with van der Waals surface area (Å²) in [6.07, 6.45) is 14.3. The summed E-state index contributed by atoms with van der Waals surface area (Å²) in [6, 6.07) is 60.7. The van der Waals surface area contributed by atoms with E-state index >= 15 is 0 Å². The Morgan fingerprint density at radius 2 is 0.986 bits per heavy atom. The van der Waals surface area contributed by atoms with Crippen molar-refractivity contribution in [2.75, 3.05) is 86.0 Å². The van der Waals surface area contributed by atoms with Gasteiger partial charge < -0.3 is 43.0 Å². The van der Waals surface area contributed by atoms with Crippen molar-refractivity contribution < 1.29 is 115 Å². The molecule has 7 aliphatic heterocycles. The maximum absolute atomic E-state index is 12.6. The van der Waals surface area contributed by atoms with Crippen LogP contribution in [0.1, 0.15) is 160 Å². The molecule has 0 spiro atoms. The number of likely N-dealkylation sites (tertiary alicyclic amines) is 2. The summed E-state index contributed by atoms with van der Waals surface area (Å²) in [4.78, 5) is 69.0. The summed E-state index contributed by atoms with van der Waals surface area (Å²) in [5, 5.41) is 17.2. The number of allylic oxidation sites excluding steroid dienone is 5. The first-order valence-electron chi connectivity index (χ1n) is 45.2. The number of carbonyl (C=O) groups is 2. The van der Waals surface area contributed by atoms with Gasteiger partial charge in [0.05, 0.1) is 59.5 Å². The van der Waals surface area contributed by atoms with E-state index < -0.39 is 45.4 Å². The monoisotopic (exact) mass is 2100 g/mol. The van der Waals surface area contributed by atoms with Gasteiger partial charge in [-0.2, -0.15) is 38.0 Å². The summed E-state index contributed by atoms with van der Waals surface area (Å²) in [6.45, 7) is 19.7. The summed E-state index contributed by atoms with van der Waals surface area (Å²) in [5.74, 6) is 4.18. The molecular formula is C102H117ClCuN16O17S5+2. The van der Waals surface area contributed by atoms with Gasteiger partial charge in [-0.15, -0.1) is 0 Å². The van der Waals surface area contributed by atoms with Crippen molar-refractivity contribution in [3.8, 4) is 0 Å². The number of carbonyl (C=O) groups excluding carboxylic acids is 2. The van der Waals surface area contributed by atoms with Crippen LogP contribution in [0.3, 0.4) is 0 Å².